The minimum absolute atomic E-state index is 0.0808. The van der Waals surface area contributed by atoms with Crippen molar-refractivity contribution in [1.29, 1.82) is 0 Å². The van der Waals surface area contributed by atoms with E-state index < -0.39 is 5.97 Å². The second-order valence-corrected chi connectivity index (χ2v) is 6.36. The quantitative estimate of drug-likeness (QED) is 0.892. The fraction of sp³-hybridized carbons (Fsp3) is 0.600. The second-order valence-electron chi connectivity index (χ2n) is 6.36. The van der Waals surface area contributed by atoms with E-state index in [1.165, 1.54) is 6.07 Å². The predicted octanol–water partition coefficient (Wildman–Crippen LogP) is 2.91. The first-order chi connectivity index (χ1) is 8.73. The molecule has 1 saturated carbocycles. The Kier molecular flexibility index (Phi) is 3.29. The Hall–Kier alpha value is -1.58. The maximum atomic E-state index is 12.2. The summed E-state index contributed by atoms with van der Waals surface area (Å²) >= 11 is 0. The van der Waals surface area contributed by atoms with E-state index in [2.05, 4.69) is 13.8 Å². The molecule has 0 aliphatic heterocycles. The molecule has 0 radical (unpaired) electrons. The first kappa shape index (κ1) is 13.8. The zero-order valence-corrected chi connectivity index (χ0v) is 12.0. The van der Waals surface area contributed by atoms with Gasteiger partial charge in [0.2, 0.25) is 0 Å². The summed E-state index contributed by atoms with van der Waals surface area (Å²) in [5, 5.41) is 9.29. The van der Waals surface area contributed by atoms with Crippen LogP contribution in [0.25, 0.3) is 0 Å². The van der Waals surface area contributed by atoms with Crippen molar-refractivity contribution in [2.45, 2.75) is 53.0 Å². The molecule has 0 spiro atoms. The van der Waals surface area contributed by atoms with Gasteiger partial charge in [0, 0.05) is 17.8 Å². The van der Waals surface area contributed by atoms with Gasteiger partial charge >= 0.3 is 5.97 Å². The summed E-state index contributed by atoms with van der Waals surface area (Å²) in [6.07, 6.45) is 2.94. The average molecular weight is 263 g/mol. The monoisotopic (exact) mass is 263 g/mol. The molecule has 4 nitrogen and oxygen atoms in total. The molecule has 0 amide bonds. The number of aromatic nitrogens is 1. The third kappa shape index (κ3) is 2.44. The molecular formula is C15H21NO3. The summed E-state index contributed by atoms with van der Waals surface area (Å²) in [5.41, 5.74) is 1.54. The van der Waals surface area contributed by atoms with Gasteiger partial charge in [-0.25, -0.2) is 4.79 Å². The smallest absolute Gasteiger partial charge is 0.337 e. The molecule has 1 fully saturated rings. The third-order valence-electron chi connectivity index (χ3n) is 4.22. The molecule has 19 heavy (non-hydrogen) atoms. The number of hydrogen-bond donors (Lipinski definition) is 1. The zero-order valence-electron chi connectivity index (χ0n) is 12.0. The molecule has 4 heteroatoms. The van der Waals surface area contributed by atoms with Gasteiger partial charge in [0.05, 0.1) is 5.56 Å². The van der Waals surface area contributed by atoms with Crippen molar-refractivity contribution >= 4 is 5.97 Å². The lowest BCUT2D eigenvalue weighted by Crippen LogP contribution is -2.28. The number of rotatable bonds is 2. The molecule has 1 atom stereocenters. The molecule has 1 aliphatic rings. The van der Waals surface area contributed by atoms with Gasteiger partial charge in [-0.1, -0.05) is 13.8 Å². The highest BCUT2D eigenvalue weighted by atomic mass is 16.4. The van der Waals surface area contributed by atoms with E-state index >= 15 is 0 Å². The van der Waals surface area contributed by atoms with Crippen LogP contribution >= 0.6 is 0 Å². The van der Waals surface area contributed by atoms with Crippen LogP contribution in [-0.4, -0.2) is 15.6 Å². The number of carboxylic acids is 1. The van der Waals surface area contributed by atoms with Crippen molar-refractivity contribution in [3.63, 3.8) is 0 Å². The van der Waals surface area contributed by atoms with Crippen molar-refractivity contribution in [3.05, 3.63) is 33.2 Å². The molecule has 2 rings (SSSR count). The molecule has 1 aliphatic carbocycles. The SMILES string of the molecule is Cc1cc(=O)n(C2CCC(C)(C)C2)c(C)c1C(=O)O. The van der Waals surface area contributed by atoms with Crippen LogP contribution in [0, 0.1) is 19.3 Å². The van der Waals surface area contributed by atoms with Crippen LogP contribution in [0.5, 0.6) is 0 Å². The summed E-state index contributed by atoms with van der Waals surface area (Å²) in [6, 6.07) is 1.57. The van der Waals surface area contributed by atoms with Crippen molar-refractivity contribution in [3.8, 4) is 0 Å². The Balaban J connectivity index is 2.56. The molecular weight excluding hydrogens is 242 g/mol. The van der Waals surface area contributed by atoms with Crippen molar-refractivity contribution in [2.24, 2.45) is 5.41 Å². The minimum atomic E-state index is -0.957. The molecule has 0 bridgehead atoms. The van der Waals surface area contributed by atoms with Gasteiger partial charge in [-0.2, -0.15) is 0 Å². The number of hydrogen-bond acceptors (Lipinski definition) is 2. The van der Waals surface area contributed by atoms with Gasteiger partial charge in [0.1, 0.15) is 0 Å². The minimum Gasteiger partial charge on any atom is -0.478 e. The largest absolute Gasteiger partial charge is 0.478 e. The Labute approximate surface area is 113 Å². The molecule has 104 valence electrons. The van der Waals surface area contributed by atoms with Gasteiger partial charge in [-0.3, -0.25) is 4.79 Å². The average Bonchev–Trinajstić information content (AvgIpc) is 2.57. The lowest BCUT2D eigenvalue weighted by molar-refractivity contribution is 0.0694. The van der Waals surface area contributed by atoms with Crippen LogP contribution < -0.4 is 5.56 Å². The zero-order chi connectivity index (χ0) is 14.4. The van der Waals surface area contributed by atoms with Crippen LogP contribution in [0.1, 0.15) is 60.8 Å². The molecule has 1 heterocycles. The van der Waals surface area contributed by atoms with Gasteiger partial charge in [-0.15, -0.1) is 0 Å². The lowest BCUT2D eigenvalue weighted by atomic mass is 9.91. The Morgan fingerprint density at radius 1 is 1.42 bits per heavy atom. The van der Waals surface area contributed by atoms with E-state index in [0.29, 0.717) is 11.3 Å². The van der Waals surface area contributed by atoms with E-state index in [-0.39, 0.29) is 22.6 Å². The van der Waals surface area contributed by atoms with Crippen LogP contribution in [0.2, 0.25) is 0 Å². The fourth-order valence-corrected chi connectivity index (χ4v) is 3.29. The molecule has 0 saturated heterocycles. The highest BCUT2D eigenvalue weighted by Gasteiger charge is 2.33. The topological polar surface area (TPSA) is 59.3 Å². The van der Waals surface area contributed by atoms with Crippen LogP contribution in [0.3, 0.4) is 0 Å². The summed E-state index contributed by atoms with van der Waals surface area (Å²) < 4.78 is 1.69. The summed E-state index contributed by atoms with van der Waals surface area (Å²) in [4.78, 5) is 23.5. The highest BCUT2D eigenvalue weighted by Crippen LogP contribution is 2.43. The number of nitrogens with zero attached hydrogens (tertiary/aromatic N) is 1. The first-order valence-corrected chi connectivity index (χ1v) is 6.69. The van der Waals surface area contributed by atoms with E-state index in [0.717, 1.165) is 19.3 Å². The van der Waals surface area contributed by atoms with Gasteiger partial charge in [0.25, 0.3) is 5.56 Å². The first-order valence-electron chi connectivity index (χ1n) is 6.69. The fourth-order valence-electron chi connectivity index (χ4n) is 3.29. The third-order valence-corrected chi connectivity index (χ3v) is 4.22. The molecule has 1 aromatic heterocycles. The molecule has 1 N–H and O–H groups in total. The number of aryl methyl sites for hydroxylation is 1. The standard InChI is InChI=1S/C15H21NO3/c1-9-7-12(17)16(10(2)13(9)14(18)19)11-5-6-15(3,4)8-11/h7,11H,5-6,8H2,1-4H3,(H,18,19). The Morgan fingerprint density at radius 2 is 2.05 bits per heavy atom. The molecule has 1 aromatic rings. The number of carbonyl (C=O) groups is 1. The maximum Gasteiger partial charge on any atom is 0.337 e. The number of pyridine rings is 1. The number of carboxylic acid groups (broad SMARTS) is 1. The van der Waals surface area contributed by atoms with E-state index in [1.54, 1.807) is 18.4 Å². The molecule has 0 aromatic carbocycles. The lowest BCUT2D eigenvalue weighted by Gasteiger charge is -2.22. The highest BCUT2D eigenvalue weighted by molar-refractivity contribution is 5.90. The van der Waals surface area contributed by atoms with Gasteiger partial charge < -0.3 is 9.67 Å². The summed E-state index contributed by atoms with van der Waals surface area (Å²) in [5.74, 6) is -0.957. The summed E-state index contributed by atoms with van der Waals surface area (Å²) in [7, 11) is 0. The van der Waals surface area contributed by atoms with Crippen molar-refractivity contribution < 1.29 is 9.90 Å². The maximum absolute atomic E-state index is 12.2. The van der Waals surface area contributed by atoms with Crippen LogP contribution in [-0.2, 0) is 0 Å². The van der Waals surface area contributed by atoms with Gasteiger partial charge in [0.15, 0.2) is 0 Å². The predicted molar refractivity (Wildman–Crippen MR) is 73.8 cm³/mol. The van der Waals surface area contributed by atoms with E-state index in [9.17, 15) is 14.7 Å². The van der Waals surface area contributed by atoms with E-state index in [1.807, 2.05) is 0 Å². The normalized spacial score (nSPS) is 21.6. The van der Waals surface area contributed by atoms with Crippen LogP contribution in [0.15, 0.2) is 10.9 Å². The number of aromatic carboxylic acids is 1. The van der Waals surface area contributed by atoms with Crippen LogP contribution in [0.4, 0.5) is 0 Å². The Bertz CT molecular complexity index is 584. The van der Waals surface area contributed by atoms with Crippen molar-refractivity contribution in [1.82, 2.24) is 4.57 Å². The van der Waals surface area contributed by atoms with Crippen molar-refractivity contribution in [2.75, 3.05) is 0 Å². The summed E-state index contributed by atoms with van der Waals surface area (Å²) in [6.45, 7) is 7.81. The molecule has 1 unspecified atom stereocenters. The Morgan fingerprint density at radius 3 is 2.53 bits per heavy atom. The second kappa shape index (κ2) is 4.51. The van der Waals surface area contributed by atoms with E-state index in [4.69, 9.17) is 0 Å². The van der Waals surface area contributed by atoms with Gasteiger partial charge in [-0.05, 0) is 44.1 Å².